The number of ether oxygens (including phenoxy) is 2. The van der Waals surface area contributed by atoms with E-state index in [9.17, 15) is 9.90 Å². The van der Waals surface area contributed by atoms with Crippen molar-refractivity contribution in [2.24, 2.45) is 5.73 Å². The Balaban J connectivity index is 2.73. The Morgan fingerprint density at radius 3 is 3.00 bits per heavy atom. The summed E-state index contributed by atoms with van der Waals surface area (Å²) in [5.74, 6) is -0.781. The molecule has 88 valence electrons. The van der Waals surface area contributed by atoms with Gasteiger partial charge >= 0.3 is 0 Å². The van der Waals surface area contributed by atoms with Crippen LogP contribution in [0.5, 0.6) is 11.5 Å². The van der Waals surface area contributed by atoms with E-state index in [0.29, 0.717) is 12.5 Å². The third-order valence-corrected chi connectivity index (χ3v) is 1.78. The second-order valence-corrected chi connectivity index (χ2v) is 3.11. The lowest BCUT2D eigenvalue weighted by Crippen LogP contribution is -2.16. The van der Waals surface area contributed by atoms with Crippen LogP contribution in [0.1, 0.15) is 10.5 Å². The van der Waals surface area contributed by atoms with Crippen molar-refractivity contribution < 1.29 is 19.4 Å². The zero-order valence-corrected chi connectivity index (χ0v) is 9.11. The number of amides is 1. The van der Waals surface area contributed by atoms with Gasteiger partial charge in [-0.05, 0) is 0 Å². The first-order valence-electron chi connectivity index (χ1n) is 4.41. The van der Waals surface area contributed by atoms with Gasteiger partial charge in [-0.25, -0.2) is 4.98 Å². The van der Waals surface area contributed by atoms with Crippen molar-refractivity contribution in [3.05, 3.63) is 18.0 Å². The Bertz CT molecular complexity index is 373. The van der Waals surface area contributed by atoms with Gasteiger partial charge in [-0.2, -0.15) is 0 Å². The second kappa shape index (κ2) is 6.14. The number of hydrogen-bond donors (Lipinski definition) is 2. The van der Waals surface area contributed by atoms with Crippen LogP contribution >= 0.6 is 11.6 Å². The summed E-state index contributed by atoms with van der Waals surface area (Å²) < 4.78 is 9.97. The van der Waals surface area contributed by atoms with Crippen molar-refractivity contribution >= 4 is 17.5 Å². The summed E-state index contributed by atoms with van der Waals surface area (Å²) in [5, 5.41) is 9.44. The molecule has 0 fully saturated rings. The minimum atomic E-state index is -0.789. The zero-order chi connectivity index (χ0) is 12.0. The maximum absolute atomic E-state index is 11.0. The SMILES string of the molecule is NC(=O)c1nccc(O)c1OCOCCCl. The summed E-state index contributed by atoms with van der Waals surface area (Å²) in [6.45, 7) is 0.154. The molecule has 0 aliphatic rings. The normalized spacial score (nSPS) is 10.1. The maximum atomic E-state index is 11.0. The highest BCUT2D eigenvalue weighted by molar-refractivity contribution is 6.17. The molecule has 0 bridgehead atoms. The van der Waals surface area contributed by atoms with Gasteiger partial charge < -0.3 is 20.3 Å². The lowest BCUT2D eigenvalue weighted by Gasteiger charge is -2.09. The summed E-state index contributed by atoms with van der Waals surface area (Å²) in [5.41, 5.74) is 4.92. The number of alkyl halides is 1. The van der Waals surface area contributed by atoms with E-state index in [1.54, 1.807) is 0 Å². The number of nitrogens with two attached hydrogens (primary N) is 1. The Morgan fingerprint density at radius 2 is 2.38 bits per heavy atom. The van der Waals surface area contributed by atoms with E-state index in [-0.39, 0.29) is 24.0 Å². The van der Waals surface area contributed by atoms with Crippen LogP contribution in [0, 0.1) is 0 Å². The van der Waals surface area contributed by atoms with Crippen molar-refractivity contribution in [1.82, 2.24) is 4.98 Å². The minimum Gasteiger partial charge on any atom is -0.504 e. The average Bonchev–Trinajstić information content (AvgIpc) is 2.25. The van der Waals surface area contributed by atoms with E-state index in [2.05, 4.69) is 4.98 Å². The molecule has 1 aromatic rings. The summed E-state index contributed by atoms with van der Waals surface area (Å²) >= 11 is 5.38. The molecule has 1 rings (SSSR count). The van der Waals surface area contributed by atoms with Crippen LogP contribution in [-0.2, 0) is 4.74 Å². The Labute approximate surface area is 96.9 Å². The lowest BCUT2D eigenvalue weighted by atomic mass is 10.3. The fourth-order valence-electron chi connectivity index (χ4n) is 0.970. The molecule has 0 spiro atoms. The van der Waals surface area contributed by atoms with Gasteiger partial charge in [-0.3, -0.25) is 4.79 Å². The summed E-state index contributed by atoms with van der Waals surface area (Å²) in [7, 11) is 0. The summed E-state index contributed by atoms with van der Waals surface area (Å²) in [6.07, 6.45) is 1.25. The van der Waals surface area contributed by atoms with Crippen molar-refractivity contribution in [3.8, 4) is 11.5 Å². The molecule has 1 heterocycles. The fraction of sp³-hybridized carbons (Fsp3) is 0.333. The van der Waals surface area contributed by atoms with Crippen LogP contribution in [0.25, 0.3) is 0 Å². The first kappa shape index (κ1) is 12.5. The predicted molar refractivity (Wildman–Crippen MR) is 56.6 cm³/mol. The molecule has 0 aromatic carbocycles. The highest BCUT2D eigenvalue weighted by atomic mass is 35.5. The van der Waals surface area contributed by atoms with Gasteiger partial charge in [0.1, 0.15) is 0 Å². The number of hydrogen-bond acceptors (Lipinski definition) is 5. The molecule has 0 atom stereocenters. The Hall–Kier alpha value is -1.53. The molecule has 0 unspecified atom stereocenters. The zero-order valence-electron chi connectivity index (χ0n) is 8.35. The number of nitrogens with zero attached hydrogens (tertiary/aromatic N) is 1. The largest absolute Gasteiger partial charge is 0.504 e. The van der Waals surface area contributed by atoms with Crippen LogP contribution < -0.4 is 10.5 Å². The van der Waals surface area contributed by atoms with Crippen LogP contribution in [0.15, 0.2) is 12.3 Å². The van der Waals surface area contributed by atoms with E-state index in [1.807, 2.05) is 0 Å². The average molecular weight is 247 g/mol. The van der Waals surface area contributed by atoms with Gasteiger partial charge in [-0.15, -0.1) is 11.6 Å². The molecule has 0 aliphatic carbocycles. The molecule has 0 saturated heterocycles. The standard InChI is InChI=1S/C9H11ClN2O4/c10-2-4-15-5-16-8-6(13)1-3-12-7(8)9(11)14/h1,3H,2,4-5H2,(H2,11,14)(H,12,13). The lowest BCUT2D eigenvalue weighted by molar-refractivity contribution is 0.0211. The number of pyridine rings is 1. The third kappa shape index (κ3) is 3.25. The maximum Gasteiger partial charge on any atom is 0.271 e. The summed E-state index contributed by atoms with van der Waals surface area (Å²) in [4.78, 5) is 14.7. The second-order valence-electron chi connectivity index (χ2n) is 2.73. The number of aromatic hydroxyl groups is 1. The van der Waals surface area contributed by atoms with E-state index in [4.69, 9.17) is 26.8 Å². The number of rotatable bonds is 6. The van der Waals surface area contributed by atoms with Crippen molar-refractivity contribution in [2.75, 3.05) is 19.3 Å². The van der Waals surface area contributed by atoms with E-state index < -0.39 is 5.91 Å². The molecule has 0 aliphatic heterocycles. The molecular weight excluding hydrogens is 236 g/mol. The smallest absolute Gasteiger partial charge is 0.271 e. The van der Waals surface area contributed by atoms with Gasteiger partial charge in [-0.1, -0.05) is 0 Å². The Morgan fingerprint density at radius 1 is 1.62 bits per heavy atom. The van der Waals surface area contributed by atoms with E-state index in [0.717, 1.165) is 0 Å². The third-order valence-electron chi connectivity index (χ3n) is 1.63. The molecule has 16 heavy (non-hydrogen) atoms. The molecular formula is C9H11ClN2O4. The van der Waals surface area contributed by atoms with Gasteiger partial charge in [0.25, 0.3) is 5.91 Å². The van der Waals surface area contributed by atoms with E-state index in [1.165, 1.54) is 12.3 Å². The topological polar surface area (TPSA) is 94.7 Å². The van der Waals surface area contributed by atoms with Crippen LogP contribution in [0.4, 0.5) is 0 Å². The highest BCUT2D eigenvalue weighted by Crippen LogP contribution is 2.27. The first-order valence-corrected chi connectivity index (χ1v) is 4.94. The van der Waals surface area contributed by atoms with E-state index >= 15 is 0 Å². The van der Waals surface area contributed by atoms with Gasteiger partial charge in [0.15, 0.2) is 24.0 Å². The molecule has 7 heteroatoms. The number of carbonyl (C=O) groups excluding carboxylic acids is 1. The fourth-order valence-corrected chi connectivity index (χ4v) is 1.08. The van der Waals surface area contributed by atoms with Gasteiger partial charge in [0, 0.05) is 18.1 Å². The molecule has 0 saturated carbocycles. The number of primary amides is 1. The van der Waals surface area contributed by atoms with Crippen LogP contribution in [-0.4, -0.2) is 35.3 Å². The number of aromatic nitrogens is 1. The highest BCUT2D eigenvalue weighted by Gasteiger charge is 2.15. The predicted octanol–water partition coefficient (Wildman–Crippen LogP) is 0.478. The van der Waals surface area contributed by atoms with Gasteiger partial charge in [0.2, 0.25) is 0 Å². The Kier molecular flexibility index (Phi) is 4.81. The van der Waals surface area contributed by atoms with Crippen LogP contribution in [0.3, 0.4) is 0 Å². The van der Waals surface area contributed by atoms with Gasteiger partial charge in [0.05, 0.1) is 6.61 Å². The molecule has 1 amide bonds. The number of halogens is 1. The molecule has 0 radical (unpaired) electrons. The minimum absolute atomic E-state index is 0.0930. The van der Waals surface area contributed by atoms with Crippen molar-refractivity contribution in [3.63, 3.8) is 0 Å². The summed E-state index contributed by atoms with van der Waals surface area (Å²) in [6, 6.07) is 1.28. The molecule has 1 aromatic heterocycles. The quantitative estimate of drug-likeness (QED) is 0.432. The van der Waals surface area contributed by atoms with Crippen LogP contribution in [0.2, 0.25) is 0 Å². The molecule has 3 N–H and O–H groups in total. The monoisotopic (exact) mass is 246 g/mol. The van der Waals surface area contributed by atoms with Crippen molar-refractivity contribution in [1.29, 1.82) is 0 Å². The number of carbonyl (C=O) groups is 1. The molecule has 6 nitrogen and oxygen atoms in total. The first-order chi connectivity index (χ1) is 7.66. The van der Waals surface area contributed by atoms with Crippen molar-refractivity contribution in [2.45, 2.75) is 0 Å².